The first kappa shape index (κ1) is 10.0. The van der Waals surface area contributed by atoms with Crippen molar-refractivity contribution in [1.29, 1.82) is 0 Å². The molecule has 0 radical (unpaired) electrons. The van der Waals surface area contributed by atoms with Gasteiger partial charge in [-0.3, -0.25) is 4.90 Å². The van der Waals surface area contributed by atoms with E-state index in [-0.39, 0.29) is 0 Å². The molecule has 0 aromatic carbocycles. The summed E-state index contributed by atoms with van der Waals surface area (Å²) in [6, 6.07) is 1.45. The lowest BCUT2D eigenvalue weighted by Crippen LogP contribution is -2.54. The third kappa shape index (κ3) is 2.20. The van der Waals surface area contributed by atoms with Gasteiger partial charge in [0, 0.05) is 25.2 Å². The molecule has 2 N–H and O–H groups in total. The first-order chi connectivity index (χ1) is 5.79. The molecule has 1 saturated heterocycles. The summed E-state index contributed by atoms with van der Waals surface area (Å²) in [5.41, 5.74) is 5.74. The van der Waals surface area contributed by atoms with Gasteiger partial charge in [-0.2, -0.15) is 0 Å². The zero-order valence-electron chi connectivity index (χ0n) is 8.42. The van der Waals surface area contributed by atoms with Crippen LogP contribution in [0.25, 0.3) is 0 Å². The first-order valence-corrected chi connectivity index (χ1v) is 5.25. The molecule has 0 spiro atoms. The number of unbranched alkanes of at least 4 members (excludes halogenated alkanes) is 1. The van der Waals surface area contributed by atoms with Crippen molar-refractivity contribution in [3.8, 4) is 0 Å². The monoisotopic (exact) mass is 170 g/mol. The molecule has 0 saturated carbocycles. The molecule has 0 amide bonds. The van der Waals surface area contributed by atoms with Crippen LogP contribution in [0, 0.1) is 0 Å². The molecule has 0 aliphatic carbocycles. The highest BCUT2D eigenvalue weighted by Crippen LogP contribution is 2.22. The molecule has 1 aliphatic heterocycles. The van der Waals surface area contributed by atoms with Gasteiger partial charge in [0.2, 0.25) is 0 Å². The smallest absolute Gasteiger partial charge is 0.0221 e. The van der Waals surface area contributed by atoms with Crippen molar-refractivity contribution in [3.63, 3.8) is 0 Å². The fourth-order valence-electron chi connectivity index (χ4n) is 1.94. The Morgan fingerprint density at radius 1 is 1.58 bits per heavy atom. The largest absolute Gasteiger partial charge is 0.329 e. The lowest BCUT2D eigenvalue weighted by atomic mass is 9.98. The summed E-state index contributed by atoms with van der Waals surface area (Å²) in [6.45, 7) is 6.66. The van der Waals surface area contributed by atoms with E-state index in [1.807, 2.05) is 0 Å². The van der Waals surface area contributed by atoms with E-state index in [9.17, 15) is 0 Å². The first-order valence-electron chi connectivity index (χ1n) is 5.25. The molecule has 2 heteroatoms. The van der Waals surface area contributed by atoms with Gasteiger partial charge in [0.1, 0.15) is 0 Å². The van der Waals surface area contributed by atoms with Crippen LogP contribution >= 0.6 is 0 Å². The quantitative estimate of drug-likeness (QED) is 0.679. The molecule has 72 valence electrons. The van der Waals surface area contributed by atoms with Crippen LogP contribution in [0.3, 0.4) is 0 Å². The van der Waals surface area contributed by atoms with Crippen LogP contribution < -0.4 is 5.73 Å². The van der Waals surface area contributed by atoms with Crippen LogP contribution in [-0.2, 0) is 0 Å². The van der Waals surface area contributed by atoms with Gasteiger partial charge in [-0.15, -0.1) is 0 Å². The summed E-state index contributed by atoms with van der Waals surface area (Å²) in [5.74, 6) is 0. The molecular weight excluding hydrogens is 148 g/mol. The van der Waals surface area contributed by atoms with Crippen LogP contribution in [0.1, 0.15) is 39.5 Å². The Bertz CT molecular complexity index is 125. The highest BCUT2D eigenvalue weighted by Gasteiger charge is 2.28. The maximum atomic E-state index is 5.74. The molecule has 12 heavy (non-hydrogen) atoms. The predicted molar refractivity (Wildman–Crippen MR) is 53.2 cm³/mol. The van der Waals surface area contributed by atoms with Gasteiger partial charge >= 0.3 is 0 Å². The average Bonchev–Trinajstić information content (AvgIpc) is 2.09. The van der Waals surface area contributed by atoms with Gasteiger partial charge in [-0.1, -0.05) is 19.8 Å². The fourth-order valence-corrected chi connectivity index (χ4v) is 1.94. The Morgan fingerprint density at radius 2 is 2.33 bits per heavy atom. The zero-order chi connectivity index (χ0) is 8.97. The van der Waals surface area contributed by atoms with Gasteiger partial charge in [-0.05, 0) is 19.8 Å². The van der Waals surface area contributed by atoms with E-state index in [0.29, 0.717) is 6.04 Å². The topological polar surface area (TPSA) is 29.3 Å². The average molecular weight is 170 g/mol. The normalized spacial score (nSPS) is 26.8. The Balaban J connectivity index is 2.24. The van der Waals surface area contributed by atoms with Crippen molar-refractivity contribution in [2.75, 3.05) is 13.1 Å². The summed E-state index contributed by atoms with van der Waals surface area (Å²) < 4.78 is 0. The van der Waals surface area contributed by atoms with Crippen molar-refractivity contribution >= 4 is 0 Å². The van der Waals surface area contributed by atoms with Gasteiger partial charge in [0.25, 0.3) is 0 Å². The zero-order valence-corrected chi connectivity index (χ0v) is 8.42. The maximum Gasteiger partial charge on any atom is 0.0221 e. The molecular formula is C10H22N2. The Labute approximate surface area is 76.1 Å². The minimum Gasteiger partial charge on any atom is -0.329 e. The summed E-state index contributed by atoms with van der Waals surface area (Å²) >= 11 is 0. The van der Waals surface area contributed by atoms with E-state index >= 15 is 0 Å². The number of hydrogen-bond acceptors (Lipinski definition) is 2. The van der Waals surface area contributed by atoms with Crippen LogP contribution in [0.2, 0.25) is 0 Å². The second-order valence-electron chi connectivity index (χ2n) is 3.91. The highest BCUT2D eigenvalue weighted by molar-refractivity contribution is 4.85. The fraction of sp³-hybridized carbons (Fsp3) is 1.00. The number of hydrogen-bond donors (Lipinski definition) is 1. The van der Waals surface area contributed by atoms with Crippen LogP contribution in [-0.4, -0.2) is 30.1 Å². The highest BCUT2D eigenvalue weighted by atomic mass is 15.2. The molecule has 1 aliphatic rings. The Kier molecular flexibility index (Phi) is 4.02. The van der Waals surface area contributed by atoms with Gasteiger partial charge in [-0.25, -0.2) is 0 Å². The second-order valence-corrected chi connectivity index (χ2v) is 3.91. The number of nitrogens with zero attached hydrogens (tertiary/aromatic N) is 1. The molecule has 0 aromatic rings. The van der Waals surface area contributed by atoms with E-state index in [1.165, 1.54) is 32.2 Å². The molecule has 0 aromatic heterocycles. The van der Waals surface area contributed by atoms with Gasteiger partial charge < -0.3 is 5.73 Å². The second kappa shape index (κ2) is 4.83. The molecule has 1 fully saturated rings. The summed E-state index contributed by atoms with van der Waals surface area (Å²) in [6.07, 6.45) is 5.27. The van der Waals surface area contributed by atoms with Crippen LogP contribution in [0.15, 0.2) is 0 Å². The van der Waals surface area contributed by atoms with Crippen molar-refractivity contribution in [3.05, 3.63) is 0 Å². The Morgan fingerprint density at radius 3 is 2.67 bits per heavy atom. The van der Waals surface area contributed by atoms with E-state index < -0.39 is 0 Å². The van der Waals surface area contributed by atoms with Crippen LogP contribution in [0.4, 0.5) is 0 Å². The van der Waals surface area contributed by atoms with E-state index in [0.717, 1.165) is 12.6 Å². The van der Waals surface area contributed by atoms with Crippen molar-refractivity contribution in [2.45, 2.75) is 51.6 Å². The lowest BCUT2D eigenvalue weighted by Gasteiger charge is -2.44. The summed E-state index contributed by atoms with van der Waals surface area (Å²) in [4.78, 5) is 2.55. The minimum absolute atomic E-state index is 0.661. The SMILES string of the molecule is CCCCC(CN)N1CCC1C. The van der Waals surface area contributed by atoms with E-state index in [1.54, 1.807) is 0 Å². The van der Waals surface area contributed by atoms with Crippen LogP contribution in [0.5, 0.6) is 0 Å². The third-order valence-corrected chi connectivity index (χ3v) is 3.00. The standard InChI is InChI=1S/C10H22N2/c1-3-4-5-10(8-11)12-7-6-9(12)2/h9-10H,3-8,11H2,1-2H3. The molecule has 2 atom stereocenters. The third-order valence-electron chi connectivity index (χ3n) is 3.00. The van der Waals surface area contributed by atoms with Gasteiger partial charge in [0.05, 0.1) is 0 Å². The van der Waals surface area contributed by atoms with E-state index in [2.05, 4.69) is 18.7 Å². The molecule has 2 unspecified atom stereocenters. The summed E-state index contributed by atoms with van der Waals surface area (Å²) in [7, 11) is 0. The molecule has 1 rings (SSSR count). The number of nitrogens with two attached hydrogens (primary N) is 1. The number of rotatable bonds is 5. The molecule has 0 bridgehead atoms. The van der Waals surface area contributed by atoms with Gasteiger partial charge in [0.15, 0.2) is 0 Å². The number of likely N-dealkylation sites (tertiary alicyclic amines) is 1. The van der Waals surface area contributed by atoms with Crippen molar-refractivity contribution in [2.24, 2.45) is 5.73 Å². The van der Waals surface area contributed by atoms with E-state index in [4.69, 9.17) is 5.73 Å². The predicted octanol–water partition coefficient (Wildman–Crippen LogP) is 1.60. The molecule has 1 heterocycles. The lowest BCUT2D eigenvalue weighted by molar-refractivity contribution is 0.0511. The van der Waals surface area contributed by atoms with Crippen molar-refractivity contribution in [1.82, 2.24) is 4.90 Å². The molecule has 2 nitrogen and oxygen atoms in total. The Hall–Kier alpha value is -0.0800. The summed E-state index contributed by atoms with van der Waals surface area (Å²) in [5, 5.41) is 0. The maximum absolute atomic E-state index is 5.74. The minimum atomic E-state index is 0.661. The van der Waals surface area contributed by atoms with Crippen molar-refractivity contribution < 1.29 is 0 Å².